The van der Waals surface area contributed by atoms with E-state index in [1.54, 1.807) is 11.6 Å². The maximum Gasteiger partial charge on any atom is 0.262 e. The summed E-state index contributed by atoms with van der Waals surface area (Å²) in [6.45, 7) is 3.56. The van der Waals surface area contributed by atoms with E-state index in [-0.39, 0.29) is 4.90 Å². The van der Waals surface area contributed by atoms with Crippen LogP contribution in [0, 0.1) is 25.2 Å². The fourth-order valence-corrected chi connectivity index (χ4v) is 3.69. The molecule has 7 heteroatoms. The summed E-state index contributed by atoms with van der Waals surface area (Å²) in [5.74, 6) is 0. The molecule has 0 radical (unpaired) electrons. The first-order valence-electron chi connectivity index (χ1n) is 7.57. The lowest BCUT2D eigenvalue weighted by Crippen LogP contribution is -2.14. The summed E-state index contributed by atoms with van der Waals surface area (Å²) in [4.78, 5) is 0.0951. The third-order valence-corrected chi connectivity index (χ3v) is 5.19. The van der Waals surface area contributed by atoms with Gasteiger partial charge < -0.3 is 0 Å². The SMILES string of the molecule is Cc1nn(-c2ccccc2)c(C)c1NS(=O)(=O)c1ccc(C#N)cc1. The summed E-state index contributed by atoms with van der Waals surface area (Å²) in [7, 11) is -3.76. The molecule has 2 aromatic carbocycles. The van der Waals surface area contributed by atoms with Crippen LogP contribution < -0.4 is 4.72 Å². The zero-order valence-corrected chi connectivity index (χ0v) is 14.6. The Morgan fingerprint density at radius 3 is 2.28 bits per heavy atom. The molecule has 0 bridgehead atoms. The van der Waals surface area contributed by atoms with E-state index in [9.17, 15) is 8.42 Å². The number of nitrogens with zero attached hydrogens (tertiary/aromatic N) is 3. The number of nitrogens with one attached hydrogen (secondary N) is 1. The molecule has 3 aromatic rings. The number of nitriles is 1. The molecule has 3 rings (SSSR count). The van der Waals surface area contributed by atoms with Crippen LogP contribution in [0.1, 0.15) is 17.0 Å². The van der Waals surface area contributed by atoms with E-state index in [1.807, 2.05) is 43.3 Å². The Morgan fingerprint density at radius 2 is 1.68 bits per heavy atom. The molecule has 0 atom stereocenters. The number of benzene rings is 2. The molecule has 0 unspecified atom stereocenters. The van der Waals surface area contributed by atoms with Gasteiger partial charge >= 0.3 is 0 Å². The first kappa shape index (κ1) is 16.7. The normalized spacial score (nSPS) is 11.1. The van der Waals surface area contributed by atoms with Crippen LogP contribution in [0.5, 0.6) is 0 Å². The van der Waals surface area contributed by atoms with Crippen LogP contribution in [-0.2, 0) is 10.0 Å². The van der Waals surface area contributed by atoms with E-state index in [2.05, 4.69) is 9.82 Å². The Bertz CT molecular complexity index is 1050. The molecule has 0 fully saturated rings. The van der Waals surface area contributed by atoms with Gasteiger partial charge in [0.15, 0.2) is 0 Å². The molecule has 0 spiro atoms. The number of rotatable bonds is 4. The number of hydrogen-bond acceptors (Lipinski definition) is 4. The first-order chi connectivity index (χ1) is 11.9. The van der Waals surface area contributed by atoms with E-state index >= 15 is 0 Å². The van der Waals surface area contributed by atoms with Crippen LogP contribution in [-0.4, -0.2) is 18.2 Å². The van der Waals surface area contributed by atoms with Gasteiger partial charge in [0.25, 0.3) is 10.0 Å². The van der Waals surface area contributed by atoms with E-state index < -0.39 is 10.0 Å². The lowest BCUT2D eigenvalue weighted by Gasteiger charge is -2.09. The molecular formula is C18H16N4O2S. The number of aryl methyl sites for hydroxylation is 1. The third kappa shape index (κ3) is 3.25. The van der Waals surface area contributed by atoms with E-state index in [0.717, 1.165) is 5.69 Å². The molecule has 0 amide bonds. The first-order valence-corrected chi connectivity index (χ1v) is 9.05. The highest BCUT2D eigenvalue weighted by atomic mass is 32.2. The Labute approximate surface area is 146 Å². The Hall–Kier alpha value is -3.11. The second-order valence-electron chi connectivity index (χ2n) is 5.53. The Balaban J connectivity index is 1.97. The molecule has 126 valence electrons. The van der Waals surface area contributed by atoms with Gasteiger partial charge in [-0.1, -0.05) is 18.2 Å². The van der Waals surface area contributed by atoms with Crippen LogP contribution in [0.25, 0.3) is 5.69 Å². The quantitative estimate of drug-likeness (QED) is 0.781. The maximum atomic E-state index is 12.6. The van der Waals surface area contributed by atoms with Crippen molar-refractivity contribution in [1.82, 2.24) is 9.78 Å². The fourth-order valence-electron chi connectivity index (χ4n) is 2.51. The minimum atomic E-state index is -3.76. The second-order valence-corrected chi connectivity index (χ2v) is 7.22. The van der Waals surface area contributed by atoms with Gasteiger partial charge in [0, 0.05) is 0 Å². The molecule has 0 aliphatic rings. The van der Waals surface area contributed by atoms with Crippen molar-refractivity contribution >= 4 is 15.7 Å². The van der Waals surface area contributed by atoms with Crippen molar-refractivity contribution in [2.24, 2.45) is 0 Å². The summed E-state index contributed by atoms with van der Waals surface area (Å²) in [5, 5.41) is 13.3. The predicted molar refractivity (Wildman–Crippen MR) is 95.0 cm³/mol. The topological polar surface area (TPSA) is 87.8 Å². The van der Waals surface area contributed by atoms with Crippen LogP contribution in [0.2, 0.25) is 0 Å². The number of anilines is 1. The van der Waals surface area contributed by atoms with Crippen molar-refractivity contribution in [3.05, 3.63) is 71.5 Å². The van der Waals surface area contributed by atoms with E-state index in [1.165, 1.54) is 24.3 Å². The minimum Gasteiger partial charge on any atom is -0.276 e. The number of sulfonamides is 1. The highest BCUT2D eigenvalue weighted by Gasteiger charge is 2.20. The summed E-state index contributed by atoms with van der Waals surface area (Å²) < 4.78 is 29.5. The van der Waals surface area contributed by atoms with Gasteiger partial charge in [0.05, 0.1) is 39.3 Å². The second kappa shape index (κ2) is 6.42. The summed E-state index contributed by atoms with van der Waals surface area (Å²) >= 11 is 0. The van der Waals surface area contributed by atoms with Crippen LogP contribution in [0.3, 0.4) is 0 Å². The monoisotopic (exact) mass is 352 g/mol. The molecule has 0 aliphatic heterocycles. The van der Waals surface area contributed by atoms with Gasteiger partial charge in [0.2, 0.25) is 0 Å². The number of aromatic nitrogens is 2. The van der Waals surface area contributed by atoms with Crippen molar-refractivity contribution in [2.75, 3.05) is 4.72 Å². The number of para-hydroxylation sites is 1. The largest absolute Gasteiger partial charge is 0.276 e. The van der Waals surface area contributed by atoms with Crippen molar-refractivity contribution < 1.29 is 8.42 Å². The smallest absolute Gasteiger partial charge is 0.262 e. The average molecular weight is 352 g/mol. The van der Waals surface area contributed by atoms with Crippen molar-refractivity contribution in [3.8, 4) is 11.8 Å². The molecule has 6 nitrogen and oxygen atoms in total. The Kier molecular flexibility index (Phi) is 4.30. The lowest BCUT2D eigenvalue weighted by atomic mass is 10.2. The lowest BCUT2D eigenvalue weighted by molar-refractivity contribution is 0.601. The molecule has 0 aliphatic carbocycles. The molecular weight excluding hydrogens is 336 g/mol. The molecule has 1 heterocycles. The van der Waals surface area contributed by atoms with Crippen LogP contribution in [0.15, 0.2) is 59.5 Å². The van der Waals surface area contributed by atoms with Gasteiger partial charge in [-0.2, -0.15) is 10.4 Å². The standard InChI is InChI=1S/C18H16N4O2S/c1-13-18(14(2)22(20-13)16-6-4-3-5-7-16)21-25(23,24)17-10-8-15(12-19)9-11-17/h3-11,21H,1-2H3. The highest BCUT2D eigenvalue weighted by molar-refractivity contribution is 7.92. The average Bonchev–Trinajstić information content (AvgIpc) is 2.90. The molecule has 0 saturated heterocycles. The summed E-state index contributed by atoms with van der Waals surface area (Å²) in [6, 6.07) is 17.2. The fraction of sp³-hybridized carbons (Fsp3) is 0.111. The van der Waals surface area contributed by atoms with E-state index in [0.29, 0.717) is 22.6 Å². The molecule has 25 heavy (non-hydrogen) atoms. The third-order valence-electron chi connectivity index (χ3n) is 3.82. The molecule has 1 N–H and O–H groups in total. The van der Waals surface area contributed by atoms with Crippen molar-refractivity contribution in [1.29, 1.82) is 5.26 Å². The van der Waals surface area contributed by atoms with Gasteiger partial charge in [-0.3, -0.25) is 4.72 Å². The molecule has 1 aromatic heterocycles. The van der Waals surface area contributed by atoms with E-state index in [4.69, 9.17) is 5.26 Å². The zero-order chi connectivity index (χ0) is 18.0. The van der Waals surface area contributed by atoms with Crippen molar-refractivity contribution in [2.45, 2.75) is 18.7 Å². The van der Waals surface area contributed by atoms with Gasteiger partial charge in [0.1, 0.15) is 0 Å². The van der Waals surface area contributed by atoms with Gasteiger partial charge in [-0.15, -0.1) is 0 Å². The predicted octanol–water partition coefficient (Wildman–Crippen LogP) is 3.16. The molecule has 0 saturated carbocycles. The summed E-state index contributed by atoms with van der Waals surface area (Å²) in [5.41, 5.74) is 2.99. The maximum absolute atomic E-state index is 12.6. The Morgan fingerprint density at radius 1 is 1.04 bits per heavy atom. The van der Waals surface area contributed by atoms with Crippen LogP contribution in [0.4, 0.5) is 5.69 Å². The zero-order valence-electron chi connectivity index (χ0n) is 13.8. The minimum absolute atomic E-state index is 0.0951. The van der Waals surface area contributed by atoms with Crippen molar-refractivity contribution in [3.63, 3.8) is 0 Å². The van der Waals surface area contributed by atoms with Gasteiger partial charge in [-0.25, -0.2) is 13.1 Å². The van der Waals surface area contributed by atoms with Gasteiger partial charge in [-0.05, 0) is 50.2 Å². The number of hydrogen-bond donors (Lipinski definition) is 1. The summed E-state index contributed by atoms with van der Waals surface area (Å²) in [6.07, 6.45) is 0. The van der Waals surface area contributed by atoms with Crippen LogP contribution >= 0.6 is 0 Å². The highest BCUT2D eigenvalue weighted by Crippen LogP contribution is 2.25.